The average Bonchev–Trinajstić information content (AvgIpc) is 2.65. The number of rotatable bonds is 5. The smallest absolute Gasteiger partial charge is 0.382 e. The molecular weight excluding hydrogens is 373 g/mol. The maximum Gasteiger partial charge on any atom is 0.433 e. The molecule has 7 nitrogen and oxygen atoms in total. The van der Waals surface area contributed by atoms with Crippen molar-refractivity contribution in [2.24, 2.45) is 21.5 Å². The molecule has 144 valence electrons. The normalized spacial score (nSPS) is 13.0. The molecule has 0 aliphatic heterocycles. The Bertz CT molecular complexity index is 979. The van der Waals surface area contributed by atoms with E-state index in [1.54, 1.807) is 0 Å². The number of pyridine rings is 2. The van der Waals surface area contributed by atoms with Crippen LogP contribution in [-0.2, 0) is 6.18 Å². The fraction of sp³-hybridized carbons (Fsp3) is 0.0556. The number of carbonyl (C=O) groups is 1. The second-order valence-corrected chi connectivity index (χ2v) is 5.23. The number of primary amides is 1. The van der Waals surface area contributed by atoms with E-state index in [4.69, 9.17) is 11.5 Å². The quantitative estimate of drug-likeness (QED) is 0.465. The summed E-state index contributed by atoms with van der Waals surface area (Å²) in [5.41, 5.74) is 10.0. The molecule has 0 bridgehead atoms. The molecular formula is C18H15F3N6O. The summed E-state index contributed by atoms with van der Waals surface area (Å²) in [7, 11) is 0. The molecule has 2 rings (SSSR count). The van der Waals surface area contributed by atoms with Gasteiger partial charge in [0.05, 0.1) is 5.69 Å². The van der Waals surface area contributed by atoms with Gasteiger partial charge in [0.15, 0.2) is 11.7 Å². The van der Waals surface area contributed by atoms with E-state index in [1.165, 1.54) is 48.7 Å². The number of hydrogen-bond donors (Lipinski definition) is 2. The number of hydrogen-bond acceptors (Lipinski definition) is 4. The standard InChI is InChI=1S/C18H15F3N6O/c1-2-3-7-15(25-11-8-9-24-13(10-11)17(23)28)27-16(22)12-5-4-6-14(26-12)18(19,20)21/h2-10H,1H2,(H2,23,28)(H2,22,24,25,27)/b7-3+. The Kier molecular flexibility index (Phi) is 6.38. The van der Waals surface area contributed by atoms with E-state index in [0.29, 0.717) is 5.69 Å². The molecule has 1 amide bonds. The molecule has 0 fully saturated rings. The number of amides is 1. The Morgan fingerprint density at radius 1 is 1.18 bits per heavy atom. The van der Waals surface area contributed by atoms with Crippen molar-refractivity contribution in [1.82, 2.24) is 9.97 Å². The van der Waals surface area contributed by atoms with Crippen molar-refractivity contribution in [3.8, 4) is 0 Å². The molecule has 0 spiro atoms. The molecule has 10 heteroatoms. The van der Waals surface area contributed by atoms with Gasteiger partial charge in [0.2, 0.25) is 0 Å². The first-order valence-corrected chi connectivity index (χ1v) is 7.73. The van der Waals surface area contributed by atoms with Crippen LogP contribution in [-0.4, -0.2) is 27.5 Å². The SMILES string of the molecule is C=C/C=C/C(=Nc1ccnc(C(N)=O)c1)N=C(N)c1cccc(C(F)(F)F)n1. The van der Waals surface area contributed by atoms with Crippen molar-refractivity contribution >= 4 is 23.3 Å². The van der Waals surface area contributed by atoms with E-state index < -0.39 is 17.8 Å². The molecule has 0 aliphatic rings. The van der Waals surface area contributed by atoms with Gasteiger partial charge in [-0.3, -0.25) is 9.78 Å². The summed E-state index contributed by atoms with van der Waals surface area (Å²) in [5.74, 6) is -0.975. The van der Waals surface area contributed by atoms with E-state index in [-0.39, 0.29) is 23.1 Å². The molecule has 2 heterocycles. The average molecular weight is 388 g/mol. The van der Waals surface area contributed by atoms with Crippen LogP contribution in [0.4, 0.5) is 18.9 Å². The van der Waals surface area contributed by atoms with Gasteiger partial charge < -0.3 is 11.5 Å². The summed E-state index contributed by atoms with van der Waals surface area (Å²) in [5, 5.41) is 0. The highest BCUT2D eigenvalue weighted by molar-refractivity contribution is 6.08. The van der Waals surface area contributed by atoms with E-state index >= 15 is 0 Å². The molecule has 0 saturated carbocycles. The van der Waals surface area contributed by atoms with Gasteiger partial charge in [-0.1, -0.05) is 24.8 Å². The molecule has 0 aliphatic carbocycles. The lowest BCUT2D eigenvalue weighted by atomic mass is 10.2. The zero-order valence-corrected chi connectivity index (χ0v) is 14.4. The molecule has 4 N–H and O–H groups in total. The number of nitrogens with zero attached hydrogens (tertiary/aromatic N) is 4. The zero-order chi connectivity index (χ0) is 20.7. The lowest BCUT2D eigenvalue weighted by Gasteiger charge is -2.07. The Balaban J connectivity index is 2.46. The first-order chi connectivity index (χ1) is 13.2. The summed E-state index contributed by atoms with van der Waals surface area (Å²) >= 11 is 0. The van der Waals surface area contributed by atoms with Crippen LogP contribution in [0.3, 0.4) is 0 Å². The van der Waals surface area contributed by atoms with Gasteiger partial charge in [-0.15, -0.1) is 0 Å². The third-order valence-electron chi connectivity index (χ3n) is 3.16. The summed E-state index contributed by atoms with van der Waals surface area (Å²) < 4.78 is 38.5. The fourth-order valence-corrected chi connectivity index (χ4v) is 1.93. The van der Waals surface area contributed by atoms with Gasteiger partial charge in [-0.25, -0.2) is 15.0 Å². The van der Waals surface area contributed by atoms with Crippen LogP contribution in [0, 0.1) is 0 Å². The molecule has 0 radical (unpaired) electrons. The van der Waals surface area contributed by atoms with E-state index in [9.17, 15) is 18.0 Å². The van der Waals surface area contributed by atoms with Crippen LogP contribution < -0.4 is 11.5 Å². The largest absolute Gasteiger partial charge is 0.433 e. The molecule has 0 unspecified atom stereocenters. The Morgan fingerprint density at radius 2 is 1.93 bits per heavy atom. The first-order valence-electron chi connectivity index (χ1n) is 7.73. The molecule has 2 aromatic heterocycles. The molecule has 0 saturated heterocycles. The van der Waals surface area contributed by atoms with Crippen LogP contribution in [0.25, 0.3) is 0 Å². The van der Waals surface area contributed by atoms with Gasteiger partial charge in [-0.05, 0) is 30.3 Å². The second kappa shape index (κ2) is 8.71. The predicted molar refractivity (Wildman–Crippen MR) is 99.2 cm³/mol. The van der Waals surface area contributed by atoms with Crippen LogP contribution in [0.15, 0.2) is 71.3 Å². The summed E-state index contributed by atoms with van der Waals surface area (Å²) in [6, 6.07) is 6.11. The second-order valence-electron chi connectivity index (χ2n) is 5.23. The number of aromatic nitrogens is 2. The van der Waals surface area contributed by atoms with Crippen molar-refractivity contribution in [2.75, 3.05) is 0 Å². The fourth-order valence-electron chi connectivity index (χ4n) is 1.93. The number of nitrogens with two attached hydrogens (primary N) is 2. The van der Waals surface area contributed by atoms with Gasteiger partial charge in [0.1, 0.15) is 17.1 Å². The summed E-state index contributed by atoms with van der Waals surface area (Å²) in [6.45, 7) is 3.52. The Hall–Kier alpha value is -3.82. The minimum atomic E-state index is -4.61. The van der Waals surface area contributed by atoms with E-state index in [2.05, 4.69) is 26.5 Å². The first kappa shape index (κ1) is 20.5. The van der Waals surface area contributed by atoms with Gasteiger partial charge >= 0.3 is 6.18 Å². The third-order valence-corrected chi connectivity index (χ3v) is 3.16. The minimum Gasteiger partial charge on any atom is -0.382 e. The Labute approximate surface area is 158 Å². The van der Waals surface area contributed by atoms with Crippen molar-refractivity contribution in [1.29, 1.82) is 0 Å². The van der Waals surface area contributed by atoms with Gasteiger partial charge in [0.25, 0.3) is 5.91 Å². The van der Waals surface area contributed by atoms with Crippen molar-refractivity contribution in [3.05, 3.63) is 78.4 Å². The number of carbonyl (C=O) groups excluding carboxylic acids is 1. The molecule has 2 aromatic rings. The maximum atomic E-state index is 12.8. The minimum absolute atomic E-state index is 0.00945. The highest BCUT2D eigenvalue weighted by atomic mass is 19.4. The van der Waals surface area contributed by atoms with Crippen LogP contribution in [0.1, 0.15) is 21.9 Å². The molecule has 0 aromatic carbocycles. The van der Waals surface area contributed by atoms with Crippen molar-refractivity contribution < 1.29 is 18.0 Å². The molecule has 0 atom stereocenters. The van der Waals surface area contributed by atoms with Crippen molar-refractivity contribution in [3.63, 3.8) is 0 Å². The summed E-state index contributed by atoms with van der Waals surface area (Å²) in [6.07, 6.45) is 1.10. The van der Waals surface area contributed by atoms with Gasteiger partial charge in [0, 0.05) is 6.20 Å². The number of aliphatic imine (C=N–C) groups is 2. The van der Waals surface area contributed by atoms with Crippen molar-refractivity contribution in [2.45, 2.75) is 6.18 Å². The third kappa shape index (κ3) is 5.59. The lowest BCUT2D eigenvalue weighted by molar-refractivity contribution is -0.141. The van der Waals surface area contributed by atoms with Crippen LogP contribution in [0.5, 0.6) is 0 Å². The van der Waals surface area contributed by atoms with E-state index in [0.717, 1.165) is 6.07 Å². The summed E-state index contributed by atoms with van der Waals surface area (Å²) in [4.78, 5) is 26.7. The number of alkyl halides is 3. The topological polar surface area (TPSA) is 120 Å². The highest BCUT2D eigenvalue weighted by Gasteiger charge is 2.32. The predicted octanol–water partition coefficient (Wildman–Crippen LogP) is 2.77. The molecule has 28 heavy (non-hydrogen) atoms. The van der Waals surface area contributed by atoms with Crippen LogP contribution >= 0.6 is 0 Å². The van der Waals surface area contributed by atoms with Crippen LogP contribution in [0.2, 0.25) is 0 Å². The number of amidine groups is 2. The Morgan fingerprint density at radius 3 is 2.57 bits per heavy atom. The zero-order valence-electron chi connectivity index (χ0n) is 14.4. The number of allylic oxidation sites excluding steroid dienone is 2. The van der Waals surface area contributed by atoms with E-state index in [1.807, 2.05) is 0 Å². The maximum absolute atomic E-state index is 12.8. The van der Waals surface area contributed by atoms with Gasteiger partial charge in [-0.2, -0.15) is 13.2 Å². The lowest BCUT2D eigenvalue weighted by Crippen LogP contribution is -2.19. The monoisotopic (exact) mass is 388 g/mol. The number of halogens is 3. The highest BCUT2D eigenvalue weighted by Crippen LogP contribution is 2.27.